The van der Waals surface area contributed by atoms with Gasteiger partial charge in [-0.1, -0.05) is 13.8 Å². The van der Waals surface area contributed by atoms with E-state index in [2.05, 4.69) is 25.8 Å². The molecule has 0 radical (unpaired) electrons. The summed E-state index contributed by atoms with van der Waals surface area (Å²) in [5, 5.41) is 0. The molecule has 94 valence electrons. The number of nitrogen functional groups attached to an aromatic ring is 1. The highest BCUT2D eigenvalue weighted by molar-refractivity contribution is 5.94. The number of anilines is 1. The second kappa shape index (κ2) is 5.66. The normalized spacial score (nSPS) is 12.5. The van der Waals surface area contributed by atoms with Crippen LogP contribution in [0.25, 0.3) is 0 Å². The Labute approximate surface area is 103 Å². The Kier molecular flexibility index (Phi) is 4.49. The van der Waals surface area contributed by atoms with E-state index >= 15 is 0 Å². The van der Waals surface area contributed by atoms with Crippen molar-refractivity contribution in [3.05, 3.63) is 23.9 Å². The predicted molar refractivity (Wildman–Crippen MR) is 69.7 cm³/mol. The van der Waals surface area contributed by atoms with E-state index in [1.54, 1.807) is 17.0 Å². The number of carbonyl (C=O) groups is 1. The van der Waals surface area contributed by atoms with Crippen molar-refractivity contribution in [3.8, 4) is 0 Å². The minimum Gasteiger partial charge on any atom is -0.384 e. The van der Waals surface area contributed by atoms with Gasteiger partial charge in [0.15, 0.2) is 0 Å². The molecule has 1 heterocycles. The van der Waals surface area contributed by atoms with Crippen LogP contribution in [0.3, 0.4) is 0 Å². The summed E-state index contributed by atoms with van der Waals surface area (Å²) in [6.07, 6.45) is 2.51. The number of hydrogen-bond acceptors (Lipinski definition) is 3. The third-order valence-electron chi connectivity index (χ3n) is 2.83. The maximum absolute atomic E-state index is 12.1. The molecule has 4 nitrogen and oxygen atoms in total. The number of pyridine rings is 1. The summed E-state index contributed by atoms with van der Waals surface area (Å²) in [5.74, 6) is 0.995. The molecule has 0 bridgehead atoms. The van der Waals surface area contributed by atoms with E-state index in [9.17, 15) is 4.79 Å². The standard InChI is InChI=1S/C13H21N3O/c1-9(2)7-10(3)16(4)13(17)11-5-6-12(14)15-8-11/h5-6,8-10H,7H2,1-4H3,(H2,14,15). The Morgan fingerprint density at radius 3 is 2.53 bits per heavy atom. The Morgan fingerprint density at radius 1 is 1.41 bits per heavy atom. The van der Waals surface area contributed by atoms with Crippen LogP contribution in [0.1, 0.15) is 37.6 Å². The molecule has 17 heavy (non-hydrogen) atoms. The molecule has 0 spiro atoms. The monoisotopic (exact) mass is 235 g/mol. The number of rotatable bonds is 4. The summed E-state index contributed by atoms with van der Waals surface area (Å²) < 4.78 is 0. The molecular weight excluding hydrogens is 214 g/mol. The van der Waals surface area contributed by atoms with Gasteiger partial charge in [-0.3, -0.25) is 4.79 Å². The maximum atomic E-state index is 12.1. The topological polar surface area (TPSA) is 59.2 Å². The zero-order chi connectivity index (χ0) is 13.0. The van der Waals surface area contributed by atoms with Crippen LogP contribution >= 0.6 is 0 Å². The fraction of sp³-hybridized carbons (Fsp3) is 0.538. The highest BCUT2D eigenvalue weighted by Crippen LogP contribution is 2.13. The van der Waals surface area contributed by atoms with Gasteiger partial charge in [0.2, 0.25) is 0 Å². The van der Waals surface area contributed by atoms with Gasteiger partial charge in [0.1, 0.15) is 5.82 Å². The van der Waals surface area contributed by atoms with E-state index in [1.807, 2.05) is 7.05 Å². The first-order valence-corrected chi connectivity index (χ1v) is 5.90. The first-order chi connectivity index (χ1) is 7.91. The van der Waals surface area contributed by atoms with Crippen molar-refractivity contribution in [3.63, 3.8) is 0 Å². The largest absolute Gasteiger partial charge is 0.384 e. The van der Waals surface area contributed by atoms with E-state index in [4.69, 9.17) is 5.73 Å². The second-order valence-corrected chi connectivity index (χ2v) is 4.87. The highest BCUT2D eigenvalue weighted by atomic mass is 16.2. The lowest BCUT2D eigenvalue weighted by atomic mass is 10.0. The molecule has 0 aliphatic rings. The molecule has 1 aromatic rings. The molecular formula is C13H21N3O. The molecule has 1 amide bonds. The van der Waals surface area contributed by atoms with Crippen molar-refractivity contribution < 1.29 is 4.79 Å². The molecule has 0 aliphatic heterocycles. The number of amides is 1. The summed E-state index contributed by atoms with van der Waals surface area (Å²) in [6, 6.07) is 3.58. The fourth-order valence-corrected chi connectivity index (χ4v) is 1.78. The van der Waals surface area contributed by atoms with Crippen molar-refractivity contribution in [2.75, 3.05) is 12.8 Å². The molecule has 1 aromatic heterocycles. The molecule has 2 N–H and O–H groups in total. The first-order valence-electron chi connectivity index (χ1n) is 5.90. The Bertz CT molecular complexity index is 373. The van der Waals surface area contributed by atoms with Crippen molar-refractivity contribution in [2.24, 2.45) is 5.92 Å². The van der Waals surface area contributed by atoms with E-state index in [-0.39, 0.29) is 11.9 Å². The third-order valence-corrected chi connectivity index (χ3v) is 2.83. The smallest absolute Gasteiger partial charge is 0.255 e. The minimum absolute atomic E-state index is 0.00866. The molecule has 0 fully saturated rings. The summed E-state index contributed by atoms with van der Waals surface area (Å²) >= 11 is 0. The lowest BCUT2D eigenvalue weighted by Gasteiger charge is -2.26. The van der Waals surface area contributed by atoms with Crippen LogP contribution in [0.4, 0.5) is 5.82 Å². The maximum Gasteiger partial charge on any atom is 0.255 e. The van der Waals surface area contributed by atoms with Crippen LogP contribution in [-0.4, -0.2) is 28.9 Å². The molecule has 1 rings (SSSR count). The zero-order valence-corrected chi connectivity index (χ0v) is 11.0. The Hall–Kier alpha value is -1.58. The average Bonchev–Trinajstić information content (AvgIpc) is 2.27. The summed E-state index contributed by atoms with van der Waals surface area (Å²) in [7, 11) is 1.83. The van der Waals surface area contributed by atoms with Gasteiger partial charge in [-0.05, 0) is 31.4 Å². The quantitative estimate of drug-likeness (QED) is 0.870. The third kappa shape index (κ3) is 3.73. The number of hydrogen-bond donors (Lipinski definition) is 1. The zero-order valence-electron chi connectivity index (χ0n) is 11.0. The number of aromatic nitrogens is 1. The highest BCUT2D eigenvalue weighted by Gasteiger charge is 2.18. The molecule has 0 aliphatic carbocycles. The van der Waals surface area contributed by atoms with Crippen LogP contribution in [-0.2, 0) is 0 Å². The van der Waals surface area contributed by atoms with Crippen molar-refractivity contribution in [2.45, 2.75) is 33.2 Å². The summed E-state index contributed by atoms with van der Waals surface area (Å²) in [6.45, 7) is 6.36. The molecule has 0 aromatic carbocycles. The van der Waals surface area contributed by atoms with Crippen LogP contribution < -0.4 is 5.73 Å². The minimum atomic E-state index is -0.00866. The van der Waals surface area contributed by atoms with Crippen LogP contribution in [0.5, 0.6) is 0 Å². The number of nitrogens with two attached hydrogens (primary N) is 1. The Morgan fingerprint density at radius 2 is 2.06 bits per heavy atom. The van der Waals surface area contributed by atoms with Crippen molar-refractivity contribution in [1.82, 2.24) is 9.88 Å². The summed E-state index contributed by atoms with van der Waals surface area (Å²) in [5.41, 5.74) is 6.07. The van der Waals surface area contributed by atoms with Gasteiger partial charge in [-0.25, -0.2) is 4.98 Å². The van der Waals surface area contributed by atoms with Gasteiger partial charge in [0.05, 0.1) is 5.56 Å². The van der Waals surface area contributed by atoms with Gasteiger partial charge in [-0.15, -0.1) is 0 Å². The van der Waals surface area contributed by atoms with E-state index in [1.165, 1.54) is 6.20 Å². The SMILES string of the molecule is CC(C)CC(C)N(C)C(=O)c1ccc(N)nc1. The number of nitrogens with zero attached hydrogens (tertiary/aromatic N) is 2. The first kappa shape index (κ1) is 13.5. The van der Waals surface area contributed by atoms with Crippen LogP contribution in [0.2, 0.25) is 0 Å². The van der Waals surface area contributed by atoms with Gasteiger partial charge in [-0.2, -0.15) is 0 Å². The fourth-order valence-electron chi connectivity index (χ4n) is 1.78. The molecule has 1 unspecified atom stereocenters. The van der Waals surface area contributed by atoms with Crippen LogP contribution in [0, 0.1) is 5.92 Å². The van der Waals surface area contributed by atoms with Crippen molar-refractivity contribution >= 4 is 11.7 Å². The molecule has 0 saturated carbocycles. The van der Waals surface area contributed by atoms with Crippen LogP contribution in [0.15, 0.2) is 18.3 Å². The van der Waals surface area contributed by atoms with Gasteiger partial charge < -0.3 is 10.6 Å². The lowest BCUT2D eigenvalue weighted by Crippen LogP contribution is -2.35. The predicted octanol–water partition coefficient (Wildman–Crippen LogP) is 2.17. The van der Waals surface area contributed by atoms with Crippen molar-refractivity contribution in [1.29, 1.82) is 0 Å². The molecule has 4 heteroatoms. The van der Waals surface area contributed by atoms with Gasteiger partial charge in [0, 0.05) is 19.3 Å². The van der Waals surface area contributed by atoms with E-state index < -0.39 is 0 Å². The lowest BCUT2D eigenvalue weighted by molar-refractivity contribution is 0.0728. The second-order valence-electron chi connectivity index (χ2n) is 4.87. The van der Waals surface area contributed by atoms with Gasteiger partial charge in [0.25, 0.3) is 5.91 Å². The summed E-state index contributed by atoms with van der Waals surface area (Å²) in [4.78, 5) is 17.8. The average molecular weight is 235 g/mol. The Balaban J connectivity index is 2.72. The molecule has 0 saturated heterocycles. The molecule has 1 atom stereocenters. The number of carbonyl (C=O) groups excluding carboxylic acids is 1. The van der Waals surface area contributed by atoms with E-state index in [0.29, 0.717) is 17.3 Å². The van der Waals surface area contributed by atoms with Gasteiger partial charge >= 0.3 is 0 Å². The van der Waals surface area contributed by atoms with E-state index in [0.717, 1.165) is 6.42 Å².